The van der Waals surface area contributed by atoms with E-state index in [1.54, 1.807) is 0 Å². The van der Waals surface area contributed by atoms with Crippen LogP contribution in [0.2, 0.25) is 5.02 Å². The fourth-order valence-electron chi connectivity index (χ4n) is 2.34. The van der Waals surface area contributed by atoms with Crippen LogP contribution in [0.3, 0.4) is 0 Å². The van der Waals surface area contributed by atoms with Crippen LogP contribution in [0.25, 0.3) is 0 Å². The predicted octanol–water partition coefficient (Wildman–Crippen LogP) is 4.29. The van der Waals surface area contributed by atoms with Crippen molar-refractivity contribution in [1.29, 1.82) is 0 Å². The second-order valence-electron chi connectivity index (χ2n) is 5.92. The summed E-state index contributed by atoms with van der Waals surface area (Å²) in [5.74, 6) is -0.00413. The second kappa shape index (κ2) is 10.3. The molecule has 0 radical (unpaired) electrons. The fraction of sp³-hybridized carbons (Fsp3) is 0.316. The normalized spacial score (nSPS) is 11.7. The molecule has 2 aromatic rings. The number of aliphatic carboxylic acids is 1. The largest absolute Gasteiger partial charge is 0.489 e. The van der Waals surface area contributed by atoms with E-state index in [-0.39, 0.29) is 25.0 Å². The van der Waals surface area contributed by atoms with Gasteiger partial charge in [-0.3, -0.25) is 9.69 Å². The molecule has 6 heteroatoms. The topological polar surface area (TPSA) is 49.8 Å². The molecule has 1 unspecified atom stereocenters. The minimum absolute atomic E-state index is 0. The molecule has 0 amide bonds. The van der Waals surface area contributed by atoms with Crippen molar-refractivity contribution in [3.8, 4) is 5.75 Å². The number of carboxylic acids is 1. The fourth-order valence-corrected chi connectivity index (χ4v) is 2.46. The Labute approximate surface area is 159 Å². The smallest absolute Gasteiger partial charge is 0.317 e. The zero-order chi connectivity index (χ0) is 17.5. The lowest BCUT2D eigenvalue weighted by Gasteiger charge is -2.22. The van der Waals surface area contributed by atoms with Gasteiger partial charge >= 0.3 is 5.97 Å². The lowest BCUT2D eigenvalue weighted by molar-refractivity contribution is -0.138. The van der Waals surface area contributed by atoms with Crippen LogP contribution in [-0.4, -0.2) is 35.6 Å². The highest BCUT2D eigenvalue weighted by Gasteiger charge is 2.12. The van der Waals surface area contributed by atoms with Crippen LogP contribution >= 0.6 is 24.0 Å². The van der Waals surface area contributed by atoms with E-state index in [2.05, 4.69) is 0 Å². The molecule has 0 aliphatic carbocycles. The van der Waals surface area contributed by atoms with Gasteiger partial charge < -0.3 is 9.84 Å². The Morgan fingerprint density at radius 1 is 1.12 bits per heavy atom. The zero-order valence-electron chi connectivity index (χ0n) is 14.3. The number of nitrogens with zero attached hydrogens (tertiary/aromatic N) is 1. The number of benzene rings is 2. The molecule has 2 aromatic carbocycles. The average molecular weight is 384 g/mol. The number of rotatable bonds is 8. The summed E-state index contributed by atoms with van der Waals surface area (Å²) in [6.07, 6.45) is 0.793. The summed E-state index contributed by atoms with van der Waals surface area (Å²) in [5.41, 5.74) is 2.21. The van der Waals surface area contributed by atoms with Crippen molar-refractivity contribution in [2.75, 3.05) is 13.6 Å². The molecule has 0 saturated heterocycles. The quantitative estimate of drug-likeness (QED) is 0.738. The monoisotopic (exact) mass is 383 g/mol. The Bertz CT molecular complexity index is 659. The van der Waals surface area contributed by atoms with Crippen molar-refractivity contribution >= 4 is 30.0 Å². The molecule has 0 spiro atoms. The summed E-state index contributed by atoms with van der Waals surface area (Å²) in [6.45, 7) is 2.56. The van der Waals surface area contributed by atoms with E-state index in [1.165, 1.54) is 0 Å². The van der Waals surface area contributed by atoms with E-state index >= 15 is 0 Å². The molecule has 0 aliphatic heterocycles. The maximum absolute atomic E-state index is 10.8. The molecule has 25 heavy (non-hydrogen) atoms. The van der Waals surface area contributed by atoms with Gasteiger partial charge in [0.2, 0.25) is 0 Å². The summed E-state index contributed by atoms with van der Waals surface area (Å²) in [4.78, 5) is 12.6. The minimum atomic E-state index is -0.810. The lowest BCUT2D eigenvalue weighted by atomic mass is 10.1. The molecule has 0 aliphatic rings. The molecule has 0 bridgehead atoms. The van der Waals surface area contributed by atoms with Gasteiger partial charge in [-0.15, -0.1) is 12.4 Å². The summed E-state index contributed by atoms with van der Waals surface area (Å²) in [7, 11) is 1.82. The van der Waals surface area contributed by atoms with E-state index in [9.17, 15) is 4.79 Å². The number of hydrogen-bond acceptors (Lipinski definition) is 3. The van der Waals surface area contributed by atoms with Crippen molar-refractivity contribution < 1.29 is 14.6 Å². The molecule has 1 atom stereocenters. The summed E-state index contributed by atoms with van der Waals surface area (Å²) < 4.78 is 5.76. The van der Waals surface area contributed by atoms with Crippen LogP contribution in [0, 0.1) is 0 Å². The van der Waals surface area contributed by atoms with Gasteiger partial charge in [-0.1, -0.05) is 35.9 Å². The average Bonchev–Trinajstić information content (AvgIpc) is 2.55. The van der Waals surface area contributed by atoms with E-state index in [0.29, 0.717) is 11.6 Å². The Morgan fingerprint density at radius 3 is 2.24 bits per heavy atom. The molecule has 0 heterocycles. The van der Waals surface area contributed by atoms with Gasteiger partial charge in [0.1, 0.15) is 12.4 Å². The van der Waals surface area contributed by atoms with E-state index in [1.807, 2.05) is 67.4 Å². The molecule has 4 nitrogen and oxygen atoms in total. The zero-order valence-corrected chi connectivity index (χ0v) is 15.9. The van der Waals surface area contributed by atoms with Gasteiger partial charge in [0.15, 0.2) is 0 Å². The van der Waals surface area contributed by atoms with Crippen molar-refractivity contribution in [2.45, 2.75) is 26.0 Å². The first-order valence-electron chi connectivity index (χ1n) is 7.82. The Hall–Kier alpha value is -1.75. The number of carboxylic acid groups (broad SMARTS) is 1. The molecule has 2 rings (SSSR count). The first kappa shape index (κ1) is 21.3. The van der Waals surface area contributed by atoms with Crippen LogP contribution in [0.1, 0.15) is 18.1 Å². The van der Waals surface area contributed by atoms with Crippen molar-refractivity contribution in [2.24, 2.45) is 0 Å². The molecule has 0 aromatic heterocycles. The molecular weight excluding hydrogens is 361 g/mol. The molecular formula is C19H23Cl2NO3. The third kappa shape index (κ3) is 7.34. The van der Waals surface area contributed by atoms with Gasteiger partial charge in [0.05, 0.1) is 6.54 Å². The van der Waals surface area contributed by atoms with Crippen LogP contribution < -0.4 is 4.74 Å². The highest BCUT2D eigenvalue weighted by molar-refractivity contribution is 6.30. The molecule has 0 saturated carbocycles. The summed E-state index contributed by atoms with van der Waals surface area (Å²) >= 11 is 5.86. The summed E-state index contributed by atoms with van der Waals surface area (Å²) in [6, 6.07) is 15.6. The van der Waals surface area contributed by atoms with Gasteiger partial charge in [0.25, 0.3) is 0 Å². The van der Waals surface area contributed by atoms with Gasteiger partial charge in [-0.25, -0.2) is 0 Å². The summed E-state index contributed by atoms with van der Waals surface area (Å²) in [5, 5.41) is 9.55. The van der Waals surface area contributed by atoms with Crippen molar-refractivity contribution in [3.05, 3.63) is 64.7 Å². The number of ether oxygens (including phenoxy) is 1. The number of likely N-dealkylation sites (N-methyl/N-ethyl adjacent to an activating group) is 1. The van der Waals surface area contributed by atoms with Crippen LogP contribution in [0.4, 0.5) is 0 Å². The van der Waals surface area contributed by atoms with Crippen LogP contribution in [0.5, 0.6) is 5.75 Å². The molecule has 0 fully saturated rings. The third-order valence-electron chi connectivity index (χ3n) is 3.91. The van der Waals surface area contributed by atoms with Gasteiger partial charge in [-0.2, -0.15) is 0 Å². The maximum Gasteiger partial charge on any atom is 0.317 e. The van der Waals surface area contributed by atoms with Crippen LogP contribution in [-0.2, 0) is 17.8 Å². The van der Waals surface area contributed by atoms with E-state index < -0.39 is 5.97 Å². The Morgan fingerprint density at radius 2 is 1.68 bits per heavy atom. The minimum Gasteiger partial charge on any atom is -0.489 e. The third-order valence-corrected chi connectivity index (χ3v) is 4.16. The standard InChI is InChI=1S/C19H22ClNO3.ClH/c1-14(21(2)12-19(22)23)11-15-5-9-18(10-6-15)24-13-16-3-7-17(20)8-4-16;/h3-10,14H,11-13H2,1-2H3,(H,22,23);1H. The molecule has 1 N–H and O–H groups in total. The van der Waals surface area contributed by atoms with Gasteiger partial charge in [0, 0.05) is 11.1 Å². The first-order valence-corrected chi connectivity index (χ1v) is 8.20. The first-order chi connectivity index (χ1) is 11.4. The Balaban J connectivity index is 0.00000312. The number of carbonyl (C=O) groups is 1. The number of hydrogen-bond donors (Lipinski definition) is 1. The molecule has 136 valence electrons. The number of halogens is 2. The van der Waals surface area contributed by atoms with E-state index in [4.69, 9.17) is 21.4 Å². The highest BCUT2D eigenvalue weighted by atomic mass is 35.5. The lowest BCUT2D eigenvalue weighted by Crippen LogP contribution is -2.35. The second-order valence-corrected chi connectivity index (χ2v) is 6.36. The van der Waals surface area contributed by atoms with Gasteiger partial charge in [-0.05, 0) is 55.8 Å². The maximum atomic E-state index is 10.8. The SMILES string of the molecule is CC(Cc1ccc(OCc2ccc(Cl)cc2)cc1)N(C)CC(=O)O.Cl. The van der Waals surface area contributed by atoms with Crippen LogP contribution in [0.15, 0.2) is 48.5 Å². The Kier molecular flexibility index (Phi) is 8.76. The van der Waals surface area contributed by atoms with Crippen molar-refractivity contribution in [1.82, 2.24) is 4.90 Å². The van der Waals surface area contributed by atoms with E-state index in [0.717, 1.165) is 23.3 Å². The highest BCUT2D eigenvalue weighted by Crippen LogP contribution is 2.17. The van der Waals surface area contributed by atoms with Crippen molar-refractivity contribution in [3.63, 3.8) is 0 Å². The predicted molar refractivity (Wildman–Crippen MR) is 103 cm³/mol.